The maximum atomic E-state index is 14.4. The minimum atomic E-state index is -0.930. The number of fused-ring (bicyclic) bond motifs is 21. The van der Waals surface area contributed by atoms with E-state index in [1.807, 2.05) is 20.8 Å². The number of hydrogen-bond acceptors (Lipinski definition) is 15. The van der Waals surface area contributed by atoms with E-state index in [1.165, 1.54) is 20.8 Å². The van der Waals surface area contributed by atoms with Gasteiger partial charge in [0.05, 0.1) is 0 Å². The van der Waals surface area contributed by atoms with Gasteiger partial charge in [-0.25, -0.2) is 0 Å². The number of carboxylic acid groups (broad SMARTS) is 3. The molecule has 27 atom stereocenters. The van der Waals surface area contributed by atoms with Gasteiger partial charge in [-0.1, -0.05) is 145 Å². The number of carbonyl (C=O) groups excluding carboxylic acids is 9. The van der Waals surface area contributed by atoms with E-state index in [0.717, 1.165) is 133 Å². The molecular formula is C96H141AlO15. The van der Waals surface area contributed by atoms with E-state index < -0.39 is 34.2 Å². The summed E-state index contributed by atoms with van der Waals surface area (Å²) in [5, 5.41) is 36.6. The summed E-state index contributed by atoms with van der Waals surface area (Å²) in [6.07, 6.45) is 29.4. The zero-order chi connectivity index (χ0) is 82.2. The van der Waals surface area contributed by atoms with Crippen molar-refractivity contribution >= 4 is 70.5 Å². The molecule has 0 amide bonds. The van der Waals surface area contributed by atoms with Crippen LogP contribution < -0.4 is 15.3 Å². The summed E-state index contributed by atoms with van der Waals surface area (Å²) in [5.41, 5.74) is -4.15. The van der Waals surface area contributed by atoms with Gasteiger partial charge in [-0.15, -0.1) is 0 Å². The Balaban J connectivity index is 0.000000155. The van der Waals surface area contributed by atoms with Crippen molar-refractivity contribution in [1.82, 2.24) is 0 Å². The van der Waals surface area contributed by atoms with Crippen LogP contribution in [0.4, 0.5) is 0 Å². The van der Waals surface area contributed by atoms with Gasteiger partial charge in [0, 0.05) is 108 Å². The average Bonchev–Trinajstić information content (AvgIpc) is 0.681. The molecule has 0 aromatic heterocycles. The van der Waals surface area contributed by atoms with Crippen molar-refractivity contribution in [1.29, 1.82) is 0 Å². The third kappa shape index (κ3) is 12.2. The number of rotatable bonds is 6. The number of carbonyl (C=O) groups is 9. The maximum Gasteiger partial charge on any atom is 3.00 e. The second kappa shape index (κ2) is 27.3. The number of ether oxygens (including phenoxy) is 3. The Morgan fingerprint density at radius 2 is 0.527 bits per heavy atom. The van der Waals surface area contributed by atoms with Gasteiger partial charge >= 0.3 is 35.3 Å². The van der Waals surface area contributed by atoms with Crippen molar-refractivity contribution in [2.75, 3.05) is 0 Å². The van der Waals surface area contributed by atoms with Gasteiger partial charge in [0.2, 0.25) is 0 Å². The molecule has 618 valence electrons. The fourth-order valence-electron chi connectivity index (χ4n) is 33.0. The number of ketones is 3. The van der Waals surface area contributed by atoms with Gasteiger partial charge in [-0.3, -0.25) is 28.8 Å². The number of allylic oxidation sites excluding steroid dienone is 6. The fourth-order valence-corrected chi connectivity index (χ4v) is 33.0. The molecule has 15 aliphatic carbocycles. The molecule has 0 aliphatic heterocycles. The number of aliphatic carboxylic acids is 3. The van der Waals surface area contributed by atoms with Crippen LogP contribution >= 0.6 is 0 Å². The zero-order valence-corrected chi connectivity index (χ0v) is 74.6. The number of hydrogen-bond donors (Lipinski definition) is 0. The van der Waals surface area contributed by atoms with E-state index in [-0.39, 0.29) is 188 Å². The summed E-state index contributed by atoms with van der Waals surface area (Å²) in [4.78, 5) is 115. The molecule has 9 unspecified atom stereocenters. The molecule has 0 spiro atoms. The molecule has 0 saturated heterocycles. The molecule has 15 rings (SSSR count). The van der Waals surface area contributed by atoms with Crippen molar-refractivity contribution in [3.63, 3.8) is 0 Å². The Morgan fingerprint density at radius 3 is 0.732 bits per heavy atom. The van der Waals surface area contributed by atoms with Gasteiger partial charge in [-0.2, -0.15) is 0 Å². The number of carboxylic acids is 3. The summed E-state index contributed by atoms with van der Waals surface area (Å²) in [5.74, 6) is 1.72. The van der Waals surface area contributed by atoms with E-state index in [2.05, 4.69) is 143 Å². The third-order valence-electron chi connectivity index (χ3n) is 40.2. The smallest absolute Gasteiger partial charge is 0.550 e. The van der Waals surface area contributed by atoms with Gasteiger partial charge < -0.3 is 43.9 Å². The monoisotopic (exact) mass is 1560 g/mol. The first-order chi connectivity index (χ1) is 50.8. The van der Waals surface area contributed by atoms with E-state index in [1.54, 1.807) is 0 Å². The summed E-state index contributed by atoms with van der Waals surface area (Å²) in [6, 6.07) is 0. The summed E-state index contributed by atoms with van der Waals surface area (Å²) < 4.78 is 17.1. The Bertz CT molecular complexity index is 3630. The molecule has 12 saturated carbocycles. The molecule has 12 fully saturated rings. The standard InChI is InChI=1S/3C32H48O5.Al/c3*1-19(33)37-24-10-11-30(6)23(27(24,2)3)9-12-32(8)25(30)22(34)17-20-21-18-29(5,26(35)36)14-13-28(21,4)15-16-31(20,32)7;/h3*10,20-21,23,25H,9,11-18H2,1-8H3,(H,35,36);/q;;;+3/p-3/t3*20-,21-,23?,25?,28-,29?,30+,31-,32-;/m110./s1. The van der Waals surface area contributed by atoms with Crippen molar-refractivity contribution in [3.8, 4) is 0 Å². The van der Waals surface area contributed by atoms with Gasteiger partial charge in [0.25, 0.3) is 0 Å². The Morgan fingerprint density at radius 1 is 0.312 bits per heavy atom. The van der Waals surface area contributed by atoms with Crippen LogP contribution in [0.15, 0.2) is 35.5 Å². The Kier molecular flexibility index (Phi) is 21.2. The van der Waals surface area contributed by atoms with E-state index >= 15 is 0 Å². The fraction of sp³-hybridized carbons (Fsp3) is 0.844. The summed E-state index contributed by atoms with van der Waals surface area (Å²) in [7, 11) is 0. The molecule has 0 aromatic rings. The molecule has 112 heavy (non-hydrogen) atoms. The molecule has 0 radical (unpaired) electrons. The van der Waals surface area contributed by atoms with Crippen LogP contribution in [-0.4, -0.2) is 70.5 Å². The first-order valence-corrected chi connectivity index (χ1v) is 43.7. The topological polar surface area (TPSA) is 250 Å². The number of esters is 3. The Hall–Kier alpha value is -4.42. The van der Waals surface area contributed by atoms with Crippen LogP contribution in [0.1, 0.15) is 340 Å². The zero-order valence-electron chi connectivity index (χ0n) is 73.5. The molecule has 16 heteroatoms. The van der Waals surface area contributed by atoms with Crippen LogP contribution in [-0.2, 0) is 57.4 Å². The third-order valence-corrected chi connectivity index (χ3v) is 40.2. The van der Waals surface area contributed by atoms with E-state index in [0.29, 0.717) is 75.1 Å². The molecule has 0 aromatic carbocycles. The molecule has 0 N–H and O–H groups in total. The van der Waals surface area contributed by atoms with Crippen LogP contribution in [0.3, 0.4) is 0 Å². The van der Waals surface area contributed by atoms with Crippen LogP contribution in [0.2, 0.25) is 0 Å². The van der Waals surface area contributed by atoms with E-state index in [4.69, 9.17) is 14.2 Å². The molecule has 0 bridgehead atoms. The van der Waals surface area contributed by atoms with Crippen LogP contribution in [0.5, 0.6) is 0 Å². The summed E-state index contributed by atoms with van der Waals surface area (Å²) >= 11 is 0. The molecule has 15 nitrogen and oxygen atoms in total. The first kappa shape index (κ1) is 86.9. The molecule has 15 aliphatic rings. The van der Waals surface area contributed by atoms with Crippen molar-refractivity contribution < 1.29 is 72.7 Å². The van der Waals surface area contributed by atoms with Crippen molar-refractivity contribution in [3.05, 3.63) is 35.5 Å². The maximum absolute atomic E-state index is 14.4. The second-order valence-corrected chi connectivity index (χ2v) is 46.6. The predicted octanol–water partition coefficient (Wildman–Crippen LogP) is 17.2. The van der Waals surface area contributed by atoms with Gasteiger partial charge in [0.15, 0.2) is 0 Å². The summed E-state index contributed by atoms with van der Waals surface area (Å²) in [6.45, 7) is 51.6. The second-order valence-electron chi connectivity index (χ2n) is 46.6. The Labute approximate surface area is 682 Å². The number of Topliss-reactive ketones (excluding diaryl/α,β-unsaturated/α-hetero) is 3. The van der Waals surface area contributed by atoms with Crippen molar-refractivity contribution in [2.24, 2.45) is 168 Å². The largest absolute Gasteiger partial charge is 3.00 e. The van der Waals surface area contributed by atoms with Gasteiger partial charge in [0.1, 0.15) is 34.6 Å². The predicted molar refractivity (Wildman–Crippen MR) is 425 cm³/mol. The normalized spacial score (nSPS) is 50.0. The minimum Gasteiger partial charge on any atom is -0.550 e. The van der Waals surface area contributed by atoms with Gasteiger partial charge in [-0.05, 0) is 291 Å². The molecule has 0 heterocycles. The van der Waals surface area contributed by atoms with E-state index in [9.17, 15) is 58.5 Å². The van der Waals surface area contributed by atoms with Crippen molar-refractivity contribution in [2.45, 2.75) is 340 Å². The first-order valence-electron chi connectivity index (χ1n) is 43.7. The average molecular weight is 1560 g/mol. The van der Waals surface area contributed by atoms with Crippen LogP contribution in [0.25, 0.3) is 0 Å². The minimum absolute atomic E-state index is 0. The quantitative estimate of drug-likeness (QED) is 0.136. The molecular weight excluding hydrogens is 1420 g/mol. The van der Waals surface area contributed by atoms with Crippen LogP contribution in [0, 0.1) is 168 Å². The SMILES string of the molecule is CC(=O)OC1=CC[C@@]2(C)C(CC[C@]3(C)C2C(=O)C[C@@H]2[C@H]4CC(C)(C(=O)[O-])CC[C@]4(C)CC[C@]23C)C1(C)C.CC(=O)OC1=CC[C@@]2(C)C(CC[C@]3(C)C2C(=O)C[C@@H]2[C@H]4CC(C)(C(=O)[O-])CC[C@]4(C)CC[C@]23C)C1(C)C.CC(=O)OC1=CC[C@]2(C)C(CC[C@@]3(C)C2C(=O)C[C@H]2[C@@H]4CC(C)(C(=O)[O-])CC[C@@]4(C)CC[C@@]23C)C1(C)C.[Al+3].